The summed E-state index contributed by atoms with van der Waals surface area (Å²) in [7, 11) is 0. The quantitative estimate of drug-likeness (QED) is 0.759. The summed E-state index contributed by atoms with van der Waals surface area (Å²) in [6.45, 7) is 10.9. The van der Waals surface area contributed by atoms with Gasteiger partial charge in [0.05, 0.1) is 0 Å². The maximum Gasteiger partial charge on any atom is 0.328 e. The van der Waals surface area contributed by atoms with Crippen LogP contribution in [0.15, 0.2) is 23.3 Å². The van der Waals surface area contributed by atoms with Crippen LogP contribution in [0, 0.1) is 22.7 Å². The van der Waals surface area contributed by atoms with E-state index in [4.69, 9.17) is 5.11 Å². The summed E-state index contributed by atoms with van der Waals surface area (Å²) in [5, 5.41) is 8.91. The third-order valence-corrected chi connectivity index (χ3v) is 6.90. The number of carbonyl (C=O) groups is 2. The van der Waals surface area contributed by atoms with Crippen molar-refractivity contribution in [2.24, 2.45) is 22.7 Å². The van der Waals surface area contributed by atoms with Crippen molar-refractivity contribution in [3.63, 3.8) is 0 Å². The monoisotopic (exact) mass is 318 g/mol. The van der Waals surface area contributed by atoms with Gasteiger partial charge in [-0.05, 0) is 68.3 Å². The summed E-state index contributed by atoms with van der Waals surface area (Å²) in [6, 6.07) is 0. The van der Waals surface area contributed by atoms with Gasteiger partial charge in [-0.1, -0.05) is 31.9 Å². The number of allylic oxidation sites excluding steroid dienone is 3. The molecule has 4 atom stereocenters. The number of hydrogen-bond donors (Lipinski definition) is 1. The summed E-state index contributed by atoms with van der Waals surface area (Å²) >= 11 is 0. The highest BCUT2D eigenvalue weighted by Crippen LogP contribution is 2.61. The largest absolute Gasteiger partial charge is 0.478 e. The van der Waals surface area contributed by atoms with Crippen LogP contribution < -0.4 is 0 Å². The molecule has 0 saturated heterocycles. The van der Waals surface area contributed by atoms with Crippen LogP contribution >= 0.6 is 0 Å². The third-order valence-electron chi connectivity index (χ3n) is 6.90. The molecule has 0 bridgehead atoms. The van der Waals surface area contributed by atoms with Crippen LogP contribution in [0.4, 0.5) is 0 Å². The number of rotatable bonds is 4. The molecule has 128 valence electrons. The first kappa shape index (κ1) is 18.0. The van der Waals surface area contributed by atoms with Crippen molar-refractivity contribution in [2.45, 2.75) is 66.7 Å². The fraction of sp³-hybridized carbons (Fsp3) is 0.700. The van der Waals surface area contributed by atoms with E-state index in [9.17, 15) is 9.59 Å². The average Bonchev–Trinajstić information content (AvgIpc) is 2.44. The van der Waals surface area contributed by atoms with E-state index in [0.29, 0.717) is 18.3 Å². The van der Waals surface area contributed by atoms with Gasteiger partial charge in [-0.15, -0.1) is 0 Å². The van der Waals surface area contributed by atoms with Gasteiger partial charge in [0.1, 0.15) is 0 Å². The van der Waals surface area contributed by atoms with Crippen LogP contribution in [-0.2, 0) is 9.59 Å². The lowest BCUT2D eigenvalue weighted by Gasteiger charge is -2.57. The Morgan fingerprint density at radius 1 is 1.43 bits per heavy atom. The highest BCUT2D eigenvalue weighted by atomic mass is 16.4. The molecule has 3 heteroatoms. The predicted octanol–water partition coefficient (Wildman–Crippen LogP) is 4.78. The predicted molar refractivity (Wildman–Crippen MR) is 92.1 cm³/mol. The normalized spacial score (nSPS) is 38.0. The Kier molecular flexibility index (Phi) is 4.89. The molecule has 2 aliphatic rings. The van der Waals surface area contributed by atoms with E-state index in [2.05, 4.69) is 27.7 Å². The molecule has 0 radical (unpaired) electrons. The molecule has 3 nitrogen and oxygen atoms in total. The maximum absolute atomic E-state index is 12.2. The van der Waals surface area contributed by atoms with Gasteiger partial charge >= 0.3 is 5.97 Å². The molecule has 2 aliphatic carbocycles. The standard InChI is InChI=1S/C20H30O3/c1-13(10-18(22)23)6-8-19(4)14(2)7-9-20(5)15(3)11-16(21)12-17(19)20/h10-11,14,17H,6-9,12H2,1-5H3,(H,22,23)/b13-10+/t14-,17-,19+,20-/m1/s1. The van der Waals surface area contributed by atoms with E-state index in [1.807, 2.05) is 13.0 Å². The summed E-state index contributed by atoms with van der Waals surface area (Å²) in [4.78, 5) is 23.0. The van der Waals surface area contributed by atoms with E-state index in [0.717, 1.165) is 24.8 Å². The first-order valence-corrected chi connectivity index (χ1v) is 8.71. The van der Waals surface area contributed by atoms with Crippen molar-refractivity contribution in [2.75, 3.05) is 0 Å². The molecule has 1 N–H and O–H groups in total. The molecule has 0 unspecified atom stereocenters. The fourth-order valence-electron chi connectivity index (χ4n) is 4.86. The number of hydrogen-bond acceptors (Lipinski definition) is 2. The van der Waals surface area contributed by atoms with Gasteiger partial charge in [0.2, 0.25) is 0 Å². The van der Waals surface area contributed by atoms with E-state index < -0.39 is 5.97 Å². The number of carboxylic acid groups (broad SMARTS) is 1. The zero-order valence-corrected chi connectivity index (χ0v) is 15.1. The molecular weight excluding hydrogens is 288 g/mol. The summed E-state index contributed by atoms with van der Waals surface area (Å²) < 4.78 is 0. The van der Waals surface area contributed by atoms with Crippen LogP contribution in [0.25, 0.3) is 0 Å². The molecule has 0 aromatic heterocycles. The minimum absolute atomic E-state index is 0.0752. The van der Waals surface area contributed by atoms with Crippen LogP contribution in [0.2, 0.25) is 0 Å². The Hall–Kier alpha value is -1.38. The summed E-state index contributed by atoms with van der Waals surface area (Å²) in [5.74, 6) is 0.287. The summed E-state index contributed by atoms with van der Waals surface area (Å²) in [5.41, 5.74) is 2.33. The Balaban J connectivity index is 2.29. The number of carboxylic acids is 1. The van der Waals surface area contributed by atoms with Gasteiger partial charge in [0, 0.05) is 12.5 Å². The minimum atomic E-state index is -0.874. The molecule has 0 heterocycles. The Labute approximate surface area is 139 Å². The number of fused-ring (bicyclic) bond motifs is 1. The molecular formula is C20H30O3. The highest BCUT2D eigenvalue weighted by molar-refractivity contribution is 5.92. The van der Waals surface area contributed by atoms with Gasteiger partial charge in [0.25, 0.3) is 0 Å². The van der Waals surface area contributed by atoms with E-state index in [-0.39, 0.29) is 16.6 Å². The lowest BCUT2D eigenvalue weighted by molar-refractivity contribution is -0.131. The third kappa shape index (κ3) is 3.29. The van der Waals surface area contributed by atoms with Crippen molar-refractivity contribution in [3.8, 4) is 0 Å². The zero-order chi connectivity index (χ0) is 17.4. The molecule has 0 aromatic carbocycles. The minimum Gasteiger partial charge on any atom is -0.478 e. The van der Waals surface area contributed by atoms with Gasteiger partial charge in [-0.25, -0.2) is 4.79 Å². The van der Waals surface area contributed by atoms with Gasteiger partial charge < -0.3 is 5.11 Å². The number of ketones is 1. The molecule has 1 saturated carbocycles. The second-order valence-electron chi connectivity index (χ2n) is 8.24. The Bertz CT molecular complexity index is 571. The fourth-order valence-corrected chi connectivity index (χ4v) is 4.86. The Morgan fingerprint density at radius 2 is 2.09 bits per heavy atom. The lowest BCUT2D eigenvalue weighted by Crippen LogP contribution is -2.50. The number of aliphatic carboxylic acids is 1. The van der Waals surface area contributed by atoms with Gasteiger partial charge in [0.15, 0.2) is 5.78 Å². The molecule has 0 aromatic rings. The van der Waals surface area contributed by atoms with E-state index >= 15 is 0 Å². The molecule has 0 spiro atoms. The average molecular weight is 318 g/mol. The van der Waals surface area contributed by atoms with Crippen molar-refractivity contribution in [1.29, 1.82) is 0 Å². The van der Waals surface area contributed by atoms with Gasteiger partial charge in [-0.3, -0.25) is 4.79 Å². The van der Waals surface area contributed by atoms with E-state index in [1.165, 1.54) is 18.1 Å². The Morgan fingerprint density at radius 3 is 2.70 bits per heavy atom. The second-order valence-corrected chi connectivity index (χ2v) is 8.24. The molecule has 2 rings (SSSR count). The van der Waals surface area contributed by atoms with Crippen molar-refractivity contribution >= 4 is 11.8 Å². The number of carbonyl (C=O) groups excluding carboxylic acids is 1. The SMILES string of the molecule is CC1=CC(=O)C[C@@H]2[C@@](C)(CC/C(C)=C/C(=O)O)[C@H](C)CC[C@]12C. The highest BCUT2D eigenvalue weighted by Gasteiger charge is 2.54. The molecule has 0 aliphatic heterocycles. The first-order chi connectivity index (χ1) is 10.6. The molecule has 23 heavy (non-hydrogen) atoms. The summed E-state index contributed by atoms with van der Waals surface area (Å²) in [6.07, 6.45) is 7.85. The van der Waals surface area contributed by atoms with Crippen molar-refractivity contribution in [3.05, 3.63) is 23.3 Å². The second kappa shape index (κ2) is 6.26. The van der Waals surface area contributed by atoms with E-state index in [1.54, 1.807) is 0 Å². The topological polar surface area (TPSA) is 54.4 Å². The van der Waals surface area contributed by atoms with Gasteiger partial charge in [-0.2, -0.15) is 0 Å². The van der Waals surface area contributed by atoms with Crippen LogP contribution in [0.1, 0.15) is 66.7 Å². The maximum atomic E-state index is 12.2. The molecule has 1 fully saturated rings. The zero-order valence-electron chi connectivity index (χ0n) is 15.1. The van der Waals surface area contributed by atoms with Crippen LogP contribution in [-0.4, -0.2) is 16.9 Å². The van der Waals surface area contributed by atoms with Crippen LogP contribution in [0.5, 0.6) is 0 Å². The smallest absolute Gasteiger partial charge is 0.328 e. The van der Waals surface area contributed by atoms with Crippen molar-refractivity contribution in [1.82, 2.24) is 0 Å². The first-order valence-electron chi connectivity index (χ1n) is 8.71. The lowest BCUT2D eigenvalue weighted by atomic mass is 9.47. The van der Waals surface area contributed by atoms with Crippen LogP contribution in [0.3, 0.4) is 0 Å². The van der Waals surface area contributed by atoms with Crippen molar-refractivity contribution < 1.29 is 14.7 Å². The molecule has 0 amide bonds.